The Balaban J connectivity index is 1.63. The zero-order chi connectivity index (χ0) is 25.6. The van der Waals surface area contributed by atoms with Crippen LogP contribution in [0.1, 0.15) is 50.4 Å². The van der Waals surface area contributed by atoms with Crippen molar-refractivity contribution in [3.05, 3.63) is 36.0 Å². The fraction of sp³-hybridized carbons (Fsp3) is 0.480. The van der Waals surface area contributed by atoms with E-state index < -0.39 is 23.6 Å². The summed E-state index contributed by atoms with van der Waals surface area (Å²) in [6.07, 6.45) is 2.48. The number of nitrogens with one attached hydrogen (secondary N) is 1. The number of likely N-dealkylation sites (tertiary alicyclic amines) is 1. The summed E-state index contributed by atoms with van der Waals surface area (Å²) in [7, 11) is 0. The molecule has 1 aliphatic rings. The monoisotopic (exact) mass is 481 g/mol. The molecule has 1 aromatic heterocycles. The van der Waals surface area contributed by atoms with E-state index in [0.29, 0.717) is 54.8 Å². The molecule has 3 rings (SSSR count). The minimum absolute atomic E-state index is 0.190. The third-order valence-electron chi connectivity index (χ3n) is 5.92. The molecule has 3 amide bonds. The van der Waals surface area contributed by atoms with Gasteiger partial charge in [0.25, 0.3) is 5.91 Å². The third kappa shape index (κ3) is 6.38. The van der Waals surface area contributed by atoms with Gasteiger partial charge in [0, 0.05) is 30.2 Å². The number of carbonyl (C=O) groups excluding carboxylic acids is 2. The number of pyridine rings is 1. The lowest BCUT2D eigenvalue weighted by atomic mass is 10.1. The van der Waals surface area contributed by atoms with Gasteiger partial charge in [0.05, 0.1) is 30.3 Å². The Bertz CT molecular complexity index is 1140. The van der Waals surface area contributed by atoms with E-state index in [1.54, 1.807) is 24.3 Å². The molecule has 1 aromatic carbocycles. The van der Waals surface area contributed by atoms with Crippen LogP contribution in [-0.4, -0.2) is 75.6 Å². The largest absolute Gasteiger partial charge is 0.494 e. The van der Waals surface area contributed by atoms with E-state index in [1.165, 1.54) is 16.0 Å². The Hall–Kier alpha value is -3.87. The Kier molecular flexibility index (Phi) is 8.12. The van der Waals surface area contributed by atoms with Gasteiger partial charge in [-0.3, -0.25) is 14.6 Å². The highest BCUT2D eigenvalue weighted by Crippen LogP contribution is 2.23. The molecule has 1 fully saturated rings. The highest BCUT2D eigenvalue weighted by atomic mass is 16.5. The number of ether oxygens (including phenoxy) is 1. The number of fused-ring (bicyclic) bond motifs is 1. The van der Waals surface area contributed by atoms with Gasteiger partial charge in [0.2, 0.25) is 5.91 Å². The van der Waals surface area contributed by atoms with Crippen molar-refractivity contribution in [2.45, 2.75) is 51.6 Å². The second-order valence-corrected chi connectivity index (χ2v) is 9.40. The molecule has 0 saturated carbocycles. The lowest BCUT2D eigenvalue weighted by Gasteiger charge is -2.33. The van der Waals surface area contributed by atoms with E-state index >= 15 is 0 Å². The van der Waals surface area contributed by atoms with Crippen molar-refractivity contribution in [2.24, 2.45) is 0 Å². The fourth-order valence-corrected chi connectivity index (χ4v) is 4.10. The number of nitriles is 1. The summed E-state index contributed by atoms with van der Waals surface area (Å²) in [6.45, 7) is 6.48. The van der Waals surface area contributed by atoms with Gasteiger partial charge < -0.3 is 25.0 Å². The summed E-state index contributed by atoms with van der Waals surface area (Å²) < 4.78 is 5.81. The van der Waals surface area contributed by atoms with Gasteiger partial charge in [-0.2, -0.15) is 5.26 Å². The first-order valence-electron chi connectivity index (χ1n) is 11.6. The van der Waals surface area contributed by atoms with Crippen LogP contribution in [0.5, 0.6) is 5.75 Å². The molecule has 0 spiro atoms. The predicted octanol–water partition coefficient (Wildman–Crippen LogP) is 3.03. The predicted molar refractivity (Wildman–Crippen MR) is 129 cm³/mol. The summed E-state index contributed by atoms with van der Waals surface area (Å²) in [5.41, 5.74) is 0.454. The Labute approximate surface area is 204 Å². The van der Waals surface area contributed by atoms with Crippen LogP contribution in [0.2, 0.25) is 0 Å². The first kappa shape index (κ1) is 25.7. The molecule has 186 valence electrons. The van der Waals surface area contributed by atoms with Gasteiger partial charge in [-0.1, -0.05) is 0 Å². The van der Waals surface area contributed by atoms with Crippen LogP contribution in [0.4, 0.5) is 4.79 Å². The smallest absolute Gasteiger partial charge is 0.407 e. The Morgan fingerprint density at radius 2 is 2.09 bits per heavy atom. The van der Waals surface area contributed by atoms with Gasteiger partial charge in [-0.15, -0.1) is 0 Å². The number of aromatic nitrogens is 1. The van der Waals surface area contributed by atoms with Crippen molar-refractivity contribution >= 4 is 28.8 Å². The lowest BCUT2D eigenvalue weighted by Crippen LogP contribution is -2.45. The van der Waals surface area contributed by atoms with Crippen molar-refractivity contribution < 1.29 is 24.2 Å². The van der Waals surface area contributed by atoms with Crippen molar-refractivity contribution in [1.82, 2.24) is 20.1 Å². The summed E-state index contributed by atoms with van der Waals surface area (Å²) in [5, 5.41) is 21.8. The first-order chi connectivity index (χ1) is 16.6. The normalized spacial score (nSPS) is 15.5. The van der Waals surface area contributed by atoms with Gasteiger partial charge in [-0.25, -0.2) is 4.79 Å². The molecule has 1 aliphatic heterocycles. The van der Waals surface area contributed by atoms with Gasteiger partial charge >= 0.3 is 6.09 Å². The van der Waals surface area contributed by atoms with Crippen LogP contribution in [-0.2, 0) is 4.79 Å². The second-order valence-electron chi connectivity index (χ2n) is 9.40. The molecule has 2 N–H and O–H groups in total. The van der Waals surface area contributed by atoms with E-state index in [9.17, 15) is 24.8 Å². The summed E-state index contributed by atoms with van der Waals surface area (Å²) in [4.78, 5) is 43.9. The van der Waals surface area contributed by atoms with Crippen molar-refractivity contribution in [1.29, 1.82) is 5.26 Å². The van der Waals surface area contributed by atoms with E-state index in [0.717, 1.165) is 6.42 Å². The first-order valence-corrected chi connectivity index (χ1v) is 11.6. The van der Waals surface area contributed by atoms with E-state index in [-0.39, 0.29) is 12.5 Å². The van der Waals surface area contributed by atoms with Crippen LogP contribution < -0.4 is 10.1 Å². The fourth-order valence-electron chi connectivity index (χ4n) is 4.10. The van der Waals surface area contributed by atoms with Crippen LogP contribution >= 0.6 is 0 Å². The van der Waals surface area contributed by atoms with Crippen LogP contribution in [0, 0.1) is 11.3 Å². The van der Waals surface area contributed by atoms with Crippen LogP contribution in [0.3, 0.4) is 0 Å². The average Bonchev–Trinajstić information content (AvgIpc) is 3.29. The molecule has 2 aromatic rings. The molecular formula is C25H31N5O5. The number of carbonyl (C=O) groups is 3. The zero-order valence-electron chi connectivity index (χ0n) is 20.3. The number of benzene rings is 1. The van der Waals surface area contributed by atoms with Crippen molar-refractivity contribution in [3.63, 3.8) is 0 Å². The maximum Gasteiger partial charge on any atom is 0.407 e. The van der Waals surface area contributed by atoms with Crippen molar-refractivity contribution in [2.75, 3.05) is 26.2 Å². The molecule has 0 radical (unpaired) electrons. The molecule has 2 heterocycles. The molecule has 35 heavy (non-hydrogen) atoms. The molecule has 10 nitrogen and oxygen atoms in total. The minimum Gasteiger partial charge on any atom is -0.494 e. The van der Waals surface area contributed by atoms with E-state index in [2.05, 4.69) is 16.4 Å². The summed E-state index contributed by atoms with van der Waals surface area (Å²) >= 11 is 0. The maximum absolute atomic E-state index is 12.9. The molecule has 0 bridgehead atoms. The average molecular weight is 482 g/mol. The number of hydrogen-bond donors (Lipinski definition) is 2. The maximum atomic E-state index is 12.9. The van der Waals surface area contributed by atoms with Gasteiger partial charge in [0.15, 0.2) is 0 Å². The second kappa shape index (κ2) is 11.0. The topological polar surface area (TPSA) is 136 Å². The quantitative estimate of drug-likeness (QED) is 0.553. The number of rotatable bonds is 8. The Morgan fingerprint density at radius 1 is 1.31 bits per heavy atom. The van der Waals surface area contributed by atoms with Gasteiger partial charge in [-0.05, 0) is 64.3 Å². The Morgan fingerprint density at radius 3 is 2.77 bits per heavy atom. The third-order valence-corrected chi connectivity index (χ3v) is 5.92. The molecular weight excluding hydrogens is 450 g/mol. The number of amides is 3. The number of nitrogens with zero attached hydrogens (tertiary/aromatic N) is 4. The summed E-state index contributed by atoms with van der Waals surface area (Å²) in [5.74, 6) is -0.171. The lowest BCUT2D eigenvalue weighted by molar-refractivity contribution is -0.130. The zero-order valence-corrected chi connectivity index (χ0v) is 20.3. The molecule has 1 saturated heterocycles. The van der Waals surface area contributed by atoms with E-state index in [1.807, 2.05) is 20.8 Å². The summed E-state index contributed by atoms with van der Waals surface area (Å²) in [6, 6.07) is 8.46. The van der Waals surface area contributed by atoms with E-state index in [4.69, 9.17) is 4.74 Å². The van der Waals surface area contributed by atoms with Crippen LogP contribution in [0.25, 0.3) is 10.9 Å². The molecule has 0 unspecified atom stereocenters. The standard InChI is InChI=1S/C25H31N5O5/c1-25(2,3)30(24(33)34)12-5-13-35-18-7-8-21-20(14-18)19(9-10-27-21)23(32)28-16-22(31)29-11-4-6-17(29)15-26/h7-10,14,17H,4-6,11-13,16H2,1-3H3,(H,28,32)(H,33,34)/t17-/m0/s1. The molecule has 0 aliphatic carbocycles. The SMILES string of the molecule is CC(C)(C)N(CCCOc1ccc2nccc(C(=O)NCC(=O)N3CCC[C@H]3C#N)c2c1)C(=O)O. The molecule has 1 atom stereocenters. The van der Waals surface area contributed by atoms with Gasteiger partial charge in [0.1, 0.15) is 11.8 Å². The van der Waals surface area contributed by atoms with Crippen LogP contribution in [0.15, 0.2) is 30.5 Å². The minimum atomic E-state index is -0.976. The highest BCUT2D eigenvalue weighted by molar-refractivity contribution is 6.07. The number of hydrogen-bond acceptors (Lipinski definition) is 6. The number of carboxylic acid groups (broad SMARTS) is 1. The van der Waals surface area contributed by atoms with Crippen molar-refractivity contribution in [3.8, 4) is 11.8 Å². The molecule has 10 heteroatoms. The highest BCUT2D eigenvalue weighted by Gasteiger charge is 2.28.